The van der Waals surface area contributed by atoms with Crippen molar-refractivity contribution in [2.75, 3.05) is 5.32 Å². The molecule has 0 aliphatic rings. The molecule has 0 saturated carbocycles. The van der Waals surface area contributed by atoms with Crippen molar-refractivity contribution in [2.24, 2.45) is 0 Å². The number of hydrogen-bond acceptors (Lipinski definition) is 2. The number of rotatable bonds is 4. The lowest BCUT2D eigenvalue weighted by molar-refractivity contribution is -0.115. The van der Waals surface area contributed by atoms with Gasteiger partial charge in [-0.15, -0.1) is 0 Å². The minimum atomic E-state index is -0.0889. The molecular weight excluding hydrogens is 310 g/mol. The molecule has 1 heterocycles. The molecule has 0 bridgehead atoms. The van der Waals surface area contributed by atoms with Crippen molar-refractivity contribution in [3.63, 3.8) is 0 Å². The van der Waals surface area contributed by atoms with E-state index >= 15 is 0 Å². The van der Waals surface area contributed by atoms with Crippen LogP contribution >= 0.6 is 11.6 Å². The molecule has 2 aromatic carbocycles. The van der Waals surface area contributed by atoms with Gasteiger partial charge in [0.15, 0.2) is 0 Å². The summed E-state index contributed by atoms with van der Waals surface area (Å²) in [5.41, 5.74) is 3.86. The highest BCUT2D eigenvalue weighted by Gasteiger charge is 2.16. The van der Waals surface area contributed by atoms with E-state index in [1.807, 2.05) is 55.5 Å². The Morgan fingerprint density at radius 3 is 2.57 bits per heavy atom. The van der Waals surface area contributed by atoms with Crippen molar-refractivity contribution in [3.8, 4) is 11.3 Å². The third-order valence-electron chi connectivity index (χ3n) is 3.55. The maximum Gasteiger partial charge on any atom is 0.228 e. The molecule has 0 atom stereocenters. The standard InChI is InChI=1S/C18H16ClN3O/c1-12-17(20-16(23)11-13-7-3-2-4-8-13)18(22-21-12)14-9-5-6-10-15(14)19/h2-10H,11H2,1H3,(H,20,23)(H,21,22). The highest BCUT2D eigenvalue weighted by atomic mass is 35.5. The highest BCUT2D eigenvalue weighted by Crippen LogP contribution is 2.33. The minimum Gasteiger partial charge on any atom is -0.322 e. The van der Waals surface area contributed by atoms with Crippen molar-refractivity contribution < 1.29 is 4.79 Å². The Labute approximate surface area is 139 Å². The number of halogens is 1. The number of H-pyrrole nitrogens is 1. The summed E-state index contributed by atoms with van der Waals surface area (Å²) in [4.78, 5) is 12.3. The van der Waals surface area contributed by atoms with Crippen molar-refractivity contribution in [3.05, 3.63) is 70.9 Å². The first-order valence-corrected chi connectivity index (χ1v) is 7.66. The van der Waals surface area contributed by atoms with Gasteiger partial charge in [0.2, 0.25) is 5.91 Å². The van der Waals surface area contributed by atoms with Gasteiger partial charge in [-0.1, -0.05) is 60.1 Å². The van der Waals surface area contributed by atoms with E-state index in [9.17, 15) is 4.79 Å². The zero-order chi connectivity index (χ0) is 16.2. The normalized spacial score (nSPS) is 10.5. The number of nitrogens with one attached hydrogen (secondary N) is 2. The fraction of sp³-hybridized carbons (Fsp3) is 0.111. The van der Waals surface area contributed by atoms with E-state index in [1.165, 1.54) is 0 Å². The Kier molecular flexibility index (Phi) is 4.44. The van der Waals surface area contributed by atoms with Gasteiger partial charge in [0.25, 0.3) is 0 Å². The first kappa shape index (κ1) is 15.3. The molecule has 116 valence electrons. The maximum absolute atomic E-state index is 12.3. The van der Waals surface area contributed by atoms with Crippen LogP contribution in [0.5, 0.6) is 0 Å². The van der Waals surface area contributed by atoms with Crippen LogP contribution in [0.15, 0.2) is 54.6 Å². The minimum absolute atomic E-state index is 0.0889. The number of carbonyl (C=O) groups is 1. The Balaban J connectivity index is 1.85. The van der Waals surface area contributed by atoms with Crippen LogP contribution in [-0.2, 0) is 11.2 Å². The van der Waals surface area contributed by atoms with E-state index in [1.54, 1.807) is 6.07 Å². The third-order valence-corrected chi connectivity index (χ3v) is 3.88. The van der Waals surface area contributed by atoms with Gasteiger partial charge in [0.05, 0.1) is 22.8 Å². The molecule has 2 N–H and O–H groups in total. The van der Waals surface area contributed by atoms with Crippen LogP contribution in [0.2, 0.25) is 5.02 Å². The van der Waals surface area contributed by atoms with Gasteiger partial charge in [0, 0.05) is 5.56 Å². The summed E-state index contributed by atoms with van der Waals surface area (Å²) in [5.74, 6) is -0.0889. The Morgan fingerprint density at radius 1 is 1.13 bits per heavy atom. The zero-order valence-electron chi connectivity index (χ0n) is 12.6. The smallest absolute Gasteiger partial charge is 0.228 e. The highest BCUT2D eigenvalue weighted by molar-refractivity contribution is 6.33. The molecule has 3 rings (SSSR count). The lowest BCUT2D eigenvalue weighted by Gasteiger charge is -2.08. The van der Waals surface area contributed by atoms with Gasteiger partial charge < -0.3 is 5.32 Å². The molecule has 0 aliphatic heterocycles. The summed E-state index contributed by atoms with van der Waals surface area (Å²) in [6, 6.07) is 17.0. The topological polar surface area (TPSA) is 57.8 Å². The first-order chi connectivity index (χ1) is 11.1. The summed E-state index contributed by atoms with van der Waals surface area (Å²) < 4.78 is 0. The van der Waals surface area contributed by atoms with Gasteiger partial charge in [-0.25, -0.2) is 0 Å². The predicted molar refractivity (Wildman–Crippen MR) is 92.5 cm³/mol. The number of carbonyl (C=O) groups excluding carboxylic acids is 1. The van der Waals surface area contributed by atoms with E-state index in [2.05, 4.69) is 15.5 Å². The van der Waals surface area contributed by atoms with E-state index in [-0.39, 0.29) is 5.91 Å². The van der Waals surface area contributed by atoms with E-state index in [4.69, 9.17) is 11.6 Å². The Morgan fingerprint density at radius 2 is 1.83 bits per heavy atom. The SMILES string of the molecule is Cc1[nH]nc(-c2ccccc2Cl)c1NC(=O)Cc1ccccc1. The van der Waals surface area contributed by atoms with Crippen LogP contribution in [0.3, 0.4) is 0 Å². The molecule has 0 unspecified atom stereocenters. The van der Waals surface area contributed by atoms with Gasteiger partial charge >= 0.3 is 0 Å². The molecule has 0 aliphatic carbocycles. The molecule has 0 spiro atoms. The van der Waals surface area contributed by atoms with Gasteiger partial charge in [-0.05, 0) is 18.6 Å². The fourth-order valence-electron chi connectivity index (χ4n) is 2.40. The number of hydrogen-bond donors (Lipinski definition) is 2. The van der Waals surface area contributed by atoms with Crippen LogP contribution in [0, 0.1) is 6.92 Å². The fourth-order valence-corrected chi connectivity index (χ4v) is 2.62. The number of nitrogens with zero attached hydrogens (tertiary/aromatic N) is 1. The number of aromatic nitrogens is 2. The molecule has 0 radical (unpaired) electrons. The summed E-state index contributed by atoms with van der Waals surface area (Å²) >= 11 is 6.24. The molecule has 3 aromatic rings. The molecule has 0 fully saturated rings. The lowest BCUT2D eigenvalue weighted by atomic mass is 10.1. The molecule has 23 heavy (non-hydrogen) atoms. The first-order valence-electron chi connectivity index (χ1n) is 7.29. The maximum atomic E-state index is 12.3. The summed E-state index contributed by atoms with van der Waals surface area (Å²) in [6.07, 6.45) is 0.313. The largest absolute Gasteiger partial charge is 0.322 e. The van der Waals surface area contributed by atoms with E-state index in [0.717, 1.165) is 16.8 Å². The van der Waals surface area contributed by atoms with Crippen LogP contribution in [0.25, 0.3) is 11.3 Å². The average Bonchev–Trinajstić information content (AvgIpc) is 2.90. The number of aryl methyl sites for hydroxylation is 1. The van der Waals surface area contributed by atoms with E-state index in [0.29, 0.717) is 22.8 Å². The Bertz CT molecular complexity index is 827. The van der Waals surface area contributed by atoms with Crippen LogP contribution in [-0.4, -0.2) is 16.1 Å². The number of amides is 1. The van der Waals surface area contributed by atoms with Crippen molar-refractivity contribution in [2.45, 2.75) is 13.3 Å². The second-order valence-corrected chi connectivity index (χ2v) is 5.67. The van der Waals surface area contributed by atoms with Crippen molar-refractivity contribution in [1.29, 1.82) is 0 Å². The van der Waals surface area contributed by atoms with E-state index < -0.39 is 0 Å². The Hall–Kier alpha value is -2.59. The molecule has 1 amide bonds. The molecule has 4 nitrogen and oxygen atoms in total. The predicted octanol–water partition coefficient (Wildman–Crippen LogP) is 4.22. The van der Waals surface area contributed by atoms with Gasteiger partial charge in [-0.3, -0.25) is 9.89 Å². The summed E-state index contributed by atoms with van der Waals surface area (Å²) in [7, 11) is 0. The quantitative estimate of drug-likeness (QED) is 0.754. The number of anilines is 1. The van der Waals surface area contributed by atoms with Crippen LogP contribution < -0.4 is 5.32 Å². The molecule has 5 heteroatoms. The summed E-state index contributed by atoms with van der Waals surface area (Å²) in [5, 5.41) is 10.7. The monoisotopic (exact) mass is 325 g/mol. The number of aromatic amines is 1. The number of benzene rings is 2. The second kappa shape index (κ2) is 6.67. The zero-order valence-corrected chi connectivity index (χ0v) is 13.4. The van der Waals surface area contributed by atoms with Gasteiger partial charge in [0.1, 0.15) is 5.69 Å². The summed E-state index contributed by atoms with van der Waals surface area (Å²) in [6.45, 7) is 1.87. The lowest BCUT2D eigenvalue weighted by Crippen LogP contribution is -2.15. The molecule has 1 aromatic heterocycles. The molecule has 0 saturated heterocycles. The van der Waals surface area contributed by atoms with Crippen LogP contribution in [0.1, 0.15) is 11.3 Å². The molecular formula is C18H16ClN3O. The average molecular weight is 326 g/mol. The van der Waals surface area contributed by atoms with Gasteiger partial charge in [-0.2, -0.15) is 5.10 Å². The van der Waals surface area contributed by atoms with Crippen molar-refractivity contribution >= 4 is 23.2 Å². The van der Waals surface area contributed by atoms with Crippen molar-refractivity contribution in [1.82, 2.24) is 10.2 Å². The second-order valence-electron chi connectivity index (χ2n) is 5.26. The third kappa shape index (κ3) is 3.43. The van der Waals surface area contributed by atoms with Crippen LogP contribution in [0.4, 0.5) is 5.69 Å².